The number of methoxy groups -OCH3 is 1. The van der Waals surface area contributed by atoms with Crippen LogP contribution in [0.1, 0.15) is 17.3 Å². The van der Waals surface area contributed by atoms with Crippen molar-refractivity contribution in [1.82, 2.24) is 9.47 Å². The molecule has 0 atom stereocenters. The molecule has 2 heterocycles. The highest BCUT2D eigenvalue weighted by molar-refractivity contribution is 8.00. The third kappa shape index (κ3) is 5.26. The Balaban J connectivity index is 1.68. The summed E-state index contributed by atoms with van der Waals surface area (Å²) in [4.78, 5) is 42.8. The Kier molecular flexibility index (Phi) is 7.45. The van der Waals surface area contributed by atoms with Gasteiger partial charge in [0.05, 0.1) is 47.6 Å². The van der Waals surface area contributed by atoms with Crippen molar-refractivity contribution in [2.45, 2.75) is 13.5 Å². The minimum atomic E-state index is -0.403. The Labute approximate surface area is 176 Å². The van der Waals surface area contributed by atoms with Crippen molar-refractivity contribution in [3.05, 3.63) is 28.6 Å². The average molecular weight is 438 g/mol. The highest BCUT2D eigenvalue weighted by atomic mass is 32.2. The van der Waals surface area contributed by atoms with Gasteiger partial charge in [0.2, 0.25) is 5.91 Å². The van der Waals surface area contributed by atoms with Crippen molar-refractivity contribution in [3.63, 3.8) is 0 Å². The first-order valence-corrected chi connectivity index (χ1v) is 11.2. The number of thiazole rings is 1. The number of hydrogen-bond acceptors (Lipinski definition) is 7. The van der Waals surface area contributed by atoms with Crippen LogP contribution in [0.5, 0.6) is 0 Å². The van der Waals surface area contributed by atoms with E-state index in [1.54, 1.807) is 17.0 Å². The molecule has 1 aliphatic rings. The number of esters is 1. The van der Waals surface area contributed by atoms with Crippen LogP contribution < -0.4 is 4.80 Å². The topological polar surface area (TPSA) is 90.2 Å². The van der Waals surface area contributed by atoms with E-state index in [1.807, 2.05) is 17.6 Å². The second-order valence-corrected chi connectivity index (χ2v) is 8.29. The van der Waals surface area contributed by atoms with E-state index in [-0.39, 0.29) is 23.3 Å². The molecule has 0 aliphatic carbocycles. The van der Waals surface area contributed by atoms with Gasteiger partial charge >= 0.3 is 5.97 Å². The number of hydrogen-bond donors (Lipinski definition) is 0. The number of rotatable bonds is 6. The lowest BCUT2D eigenvalue weighted by Crippen LogP contribution is -2.41. The molecule has 1 fully saturated rings. The first-order valence-electron chi connectivity index (χ1n) is 9.26. The summed E-state index contributed by atoms with van der Waals surface area (Å²) in [5.41, 5.74) is 1.37. The zero-order valence-electron chi connectivity index (χ0n) is 16.4. The number of thioether (sulfide) groups is 1. The molecule has 0 radical (unpaired) electrons. The molecule has 156 valence electrons. The van der Waals surface area contributed by atoms with E-state index in [2.05, 4.69) is 4.99 Å². The van der Waals surface area contributed by atoms with Gasteiger partial charge in [-0.25, -0.2) is 4.79 Å². The summed E-state index contributed by atoms with van der Waals surface area (Å²) in [5.74, 6) is -0.274. The maximum absolute atomic E-state index is 12.3. The smallest absolute Gasteiger partial charge is 0.337 e. The maximum Gasteiger partial charge on any atom is 0.337 e. The van der Waals surface area contributed by atoms with Crippen molar-refractivity contribution < 1.29 is 23.9 Å². The molecule has 0 unspecified atom stereocenters. The van der Waals surface area contributed by atoms with E-state index in [9.17, 15) is 14.4 Å². The molecule has 29 heavy (non-hydrogen) atoms. The molecule has 2 amide bonds. The van der Waals surface area contributed by atoms with Crippen LogP contribution in [0, 0.1) is 0 Å². The van der Waals surface area contributed by atoms with Crippen LogP contribution in [0.15, 0.2) is 23.2 Å². The summed E-state index contributed by atoms with van der Waals surface area (Å²) in [5, 5.41) is 0. The number of nitrogens with zero attached hydrogens (tertiary/aromatic N) is 3. The number of morpholine rings is 1. The third-order valence-corrected chi connectivity index (χ3v) is 6.40. The molecule has 0 N–H and O–H groups in total. The molecular formula is C19H23N3O5S2. The molecule has 1 aliphatic heterocycles. The van der Waals surface area contributed by atoms with E-state index in [4.69, 9.17) is 9.47 Å². The van der Waals surface area contributed by atoms with E-state index in [0.29, 0.717) is 43.2 Å². The highest BCUT2D eigenvalue weighted by Gasteiger charge is 2.17. The molecule has 1 aromatic heterocycles. The summed E-state index contributed by atoms with van der Waals surface area (Å²) >= 11 is 2.62. The fourth-order valence-electron chi connectivity index (χ4n) is 2.98. The van der Waals surface area contributed by atoms with Crippen LogP contribution in [-0.2, 0) is 25.6 Å². The third-order valence-electron chi connectivity index (χ3n) is 4.46. The summed E-state index contributed by atoms with van der Waals surface area (Å²) in [6.45, 7) is 4.94. The minimum Gasteiger partial charge on any atom is -0.465 e. The van der Waals surface area contributed by atoms with Crippen LogP contribution in [0.4, 0.5) is 0 Å². The number of carbonyl (C=O) groups is 3. The monoisotopic (exact) mass is 437 g/mol. The first-order chi connectivity index (χ1) is 14.0. The van der Waals surface area contributed by atoms with Crippen molar-refractivity contribution in [2.75, 3.05) is 44.9 Å². The van der Waals surface area contributed by atoms with Crippen LogP contribution in [0.25, 0.3) is 10.2 Å². The van der Waals surface area contributed by atoms with E-state index >= 15 is 0 Å². The Morgan fingerprint density at radius 3 is 2.69 bits per heavy atom. The van der Waals surface area contributed by atoms with Crippen LogP contribution in [0.3, 0.4) is 0 Å². The number of aromatic nitrogens is 1. The highest BCUT2D eigenvalue weighted by Crippen LogP contribution is 2.20. The Bertz CT molecular complexity index is 976. The van der Waals surface area contributed by atoms with Gasteiger partial charge in [0.1, 0.15) is 0 Å². The number of fused-ring (bicyclic) bond motifs is 1. The normalized spacial score (nSPS) is 15.0. The standard InChI is InChI=1S/C19H23N3O5S2/c1-3-22-14-5-4-13(18(25)26-2)10-15(14)29-19(22)20-16(23)11-28-12-17(24)21-6-8-27-9-7-21/h4-5,10H,3,6-9,11-12H2,1-2H3. The quantitative estimate of drug-likeness (QED) is 0.637. The number of amides is 2. The molecule has 3 rings (SSSR count). The van der Waals surface area contributed by atoms with Crippen LogP contribution in [-0.4, -0.2) is 72.2 Å². The molecule has 0 spiro atoms. The summed E-state index contributed by atoms with van der Waals surface area (Å²) in [7, 11) is 1.34. The van der Waals surface area contributed by atoms with Gasteiger partial charge in [0.25, 0.3) is 5.91 Å². The Morgan fingerprint density at radius 2 is 2.00 bits per heavy atom. The van der Waals surface area contributed by atoms with Crippen molar-refractivity contribution in [1.29, 1.82) is 0 Å². The van der Waals surface area contributed by atoms with Gasteiger partial charge in [-0.3, -0.25) is 9.59 Å². The predicted molar refractivity (Wildman–Crippen MR) is 112 cm³/mol. The Hall–Kier alpha value is -2.17. The van der Waals surface area contributed by atoms with Gasteiger partial charge < -0.3 is 18.9 Å². The maximum atomic E-state index is 12.3. The van der Waals surface area contributed by atoms with Gasteiger partial charge in [-0.15, -0.1) is 11.8 Å². The van der Waals surface area contributed by atoms with Crippen molar-refractivity contribution >= 4 is 51.1 Å². The average Bonchev–Trinajstić information content (AvgIpc) is 3.09. The van der Waals surface area contributed by atoms with Gasteiger partial charge in [0, 0.05) is 19.6 Å². The lowest BCUT2D eigenvalue weighted by Gasteiger charge is -2.26. The van der Waals surface area contributed by atoms with Crippen molar-refractivity contribution in [3.8, 4) is 0 Å². The molecule has 10 heteroatoms. The predicted octanol–water partition coefficient (Wildman–Crippen LogP) is 1.53. The second-order valence-electron chi connectivity index (χ2n) is 6.29. The lowest BCUT2D eigenvalue weighted by atomic mass is 10.2. The number of benzene rings is 1. The largest absolute Gasteiger partial charge is 0.465 e. The fraction of sp³-hybridized carbons (Fsp3) is 0.474. The van der Waals surface area contributed by atoms with Gasteiger partial charge in [-0.2, -0.15) is 4.99 Å². The van der Waals surface area contributed by atoms with Gasteiger partial charge in [-0.1, -0.05) is 11.3 Å². The Morgan fingerprint density at radius 1 is 1.24 bits per heavy atom. The molecular weight excluding hydrogens is 414 g/mol. The summed E-state index contributed by atoms with van der Waals surface area (Å²) < 4.78 is 12.8. The van der Waals surface area contributed by atoms with Crippen molar-refractivity contribution in [2.24, 2.45) is 4.99 Å². The van der Waals surface area contributed by atoms with Gasteiger partial charge in [0.15, 0.2) is 4.80 Å². The summed E-state index contributed by atoms with van der Waals surface area (Å²) in [6, 6.07) is 5.28. The SMILES string of the molecule is CCn1c(=NC(=O)CSCC(=O)N2CCOCC2)sc2cc(C(=O)OC)ccc21. The zero-order chi connectivity index (χ0) is 20.8. The zero-order valence-corrected chi connectivity index (χ0v) is 18.0. The van der Waals surface area contributed by atoms with E-state index in [1.165, 1.54) is 30.2 Å². The number of ether oxygens (including phenoxy) is 2. The van der Waals surface area contributed by atoms with Crippen LogP contribution >= 0.6 is 23.1 Å². The lowest BCUT2D eigenvalue weighted by molar-refractivity contribution is -0.132. The van der Waals surface area contributed by atoms with E-state index < -0.39 is 5.97 Å². The summed E-state index contributed by atoms with van der Waals surface area (Å²) in [6.07, 6.45) is 0. The molecule has 1 aromatic carbocycles. The molecule has 0 saturated carbocycles. The molecule has 0 bridgehead atoms. The fourth-order valence-corrected chi connectivity index (χ4v) is 4.83. The molecule has 1 saturated heterocycles. The molecule has 2 aromatic rings. The number of carbonyl (C=O) groups excluding carboxylic acids is 3. The second kappa shape index (κ2) is 10.0. The minimum absolute atomic E-state index is 0.0203. The van der Waals surface area contributed by atoms with E-state index in [0.717, 1.165) is 10.2 Å². The van der Waals surface area contributed by atoms with Crippen LogP contribution in [0.2, 0.25) is 0 Å². The number of aryl methyl sites for hydroxylation is 1. The first kappa shape index (κ1) is 21.5. The van der Waals surface area contributed by atoms with Gasteiger partial charge in [-0.05, 0) is 25.1 Å². The molecule has 8 nitrogen and oxygen atoms in total.